The van der Waals surface area contributed by atoms with Gasteiger partial charge in [0, 0.05) is 23.5 Å². The molecule has 0 bridgehead atoms. The maximum absolute atomic E-state index is 13.6. The van der Waals surface area contributed by atoms with Gasteiger partial charge in [0.2, 0.25) is 5.91 Å². The van der Waals surface area contributed by atoms with Crippen molar-refractivity contribution in [3.63, 3.8) is 0 Å². The molecule has 0 unspecified atom stereocenters. The molecule has 164 valence electrons. The molecule has 0 fully saturated rings. The molecule has 0 saturated heterocycles. The second-order valence-corrected chi connectivity index (χ2v) is 10.0. The smallest absolute Gasteiger partial charge is 0.254 e. The summed E-state index contributed by atoms with van der Waals surface area (Å²) >= 11 is 1.62. The van der Waals surface area contributed by atoms with Crippen LogP contribution in [0.4, 0.5) is 0 Å². The number of benzene rings is 1. The Morgan fingerprint density at radius 3 is 2.74 bits per heavy atom. The van der Waals surface area contributed by atoms with E-state index >= 15 is 0 Å². The first-order valence-electron chi connectivity index (χ1n) is 11.4. The highest BCUT2D eigenvalue weighted by Crippen LogP contribution is 2.44. The van der Waals surface area contributed by atoms with Crippen molar-refractivity contribution in [2.24, 2.45) is 5.92 Å². The molecule has 1 aliphatic carbocycles. The number of rotatable bonds is 7. The molecule has 2 aliphatic rings. The minimum Gasteiger partial charge on any atom is -0.355 e. The Bertz CT molecular complexity index is 948. The van der Waals surface area contributed by atoms with Crippen LogP contribution in [0, 0.1) is 5.92 Å². The van der Waals surface area contributed by atoms with Gasteiger partial charge in [-0.3, -0.25) is 9.59 Å². The van der Waals surface area contributed by atoms with E-state index < -0.39 is 5.92 Å². The van der Waals surface area contributed by atoms with E-state index in [1.165, 1.54) is 18.4 Å². The molecule has 1 aromatic carbocycles. The van der Waals surface area contributed by atoms with E-state index in [9.17, 15) is 9.59 Å². The van der Waals surface area contributed by atoms with E-state index in [1.54, 1.807) is 11.3 Å². The van der Waals surface area contributed by atoms with Crippen molar-refractivity contribution in [1.82, 2.24) is 10.2 Å². The van der Waals surface area contributed by atoms with Crippen LogP contribution in [0.1, 0.15) is 78.7 Å². The van der Waals surface area contributed by atoms with Crippen molar-refractivity contribution in [3.05, 3.63) is 69.4 Å². The Balaban J connectivity index is 1.64. The average molecular weight is 437 g/mol. The summed E-state index contributed by atoms with van der Waals surface area (Å²) in [7, 11) is 0. The third kappa shape index (κ3) is 4.77. The molecule has 4 rings (SSSR count). The monoisotopic (exact) mass is 436 g/mol. The van der Waals surface area contributed by atoms with Crippen molar-refractivity contribution in [1.29, 1.82) is 0 Å². The van der Waals surface area contributed by atoms with Crippen LogP contribution in [-0.2, 0) is 4.79 Å². The lowest BCUT2D eigenvalue weighted by atomic mass is 9.81. The zero-order chi connectivity index (χ0) is 21.8. The van der Waals surface area contributed by atoms with Crippen LogP contribution in [0.2, 0.25) is 0 Å². The highest BCUT2D eigenvalue weighted by atomic mass is 32.1. The lowest BCUT2D eigenvalue weighted by Gasteiger charge is -2.42. The third-order valence-corrected chi connectivity index (χ3v) is 7.19. The molecule has 2 aromatic rings. The third-order valence-electron chi connectivity index (χ3n) is 6.25. The van der Waals surface area contributed by atoms with Crippen LogP contribution in [0.25, 0.3) is 0 Å². The molecular weight excluding hydrogens is 404 g/mol. The van der Waals surface area contributed by atoms with Gasteiger partial charge in [-0.25, -0.2) is 0 Å². The topological polar surface area (TPSA) is 49.4 Å². The highest BCUT2D eigenvalue weighted by Gasteiger charge is 2.44. The molecular formula is C26H32N2O2S. The second kappa shape index (κ2) is 9.82. The first kappa shape index (κ1) is 21.8. The average Bonchev–Trinajstić information content (AvgIpc) is 3.30. The lowest BCUT2D eigenvalue weighted by Crippen LogP contribution is -2.48. The first-order chi connectivity index (χ1) is 15.1. The van der Waals surface area contributed by atoms with Gasteiger partial charge in [0.1, 0.15) is 0 Å². The van der Waals surface area contributed by atoms with Gasteiger partial charge in [0.05, 0.1) is 12.0 Å². The molecule has 0 saturated carbocycles. The number of nitrogens with one attached hydrogen (secondary N) is 1. The van der Waals surface area contributed by atoms with Crippen molar-refractivity contribution in [3.8, 4) is 0 Å². The predicted octanol–water partition coefficient (Wildman–Crippen LogP) is 5.69. The van der Waals surface area contributed by atoms with Crippen LogP contribution in [0.5, 0.6) is 0 Å². The van der Waals surface area contributed by atoms with Crippen LogP contribution in [0.3, 0.4) is 0 Å². The summed E-state index contributed by atoms with van der Waals surface area (Å²) in [5, 5.41) is 5.23. The second-order valence-electron chi connectivity index (χ2n) is 9.03. The molecule has 1 N–H and O–H groups in total. The van der Waals surface area contributed by atoms with Gasteiger partial charge in [-0.2, -0.15) is 0 Å². The summed E-state index contributed by atoms with van der Waals surface area (Å²) in [5.74, 6) is -0.0344. The van der Waals surface area contributed by atoms with E-state index in [0.717, 1.165) is 29.7 Å². The molecule has 31 heavy (non-hydrogen) atoms. The normalized spacial score (nSPS) is 21.1. The van der Waals surface area contributed by atoms with Crippen molar-refractivity contribution < 1.29 is 9.59 Å². The number of allylic oxidation sites excluding steroid dienone is 1. The van der Waals surface area contributed by atoms with E-state index in [0.29, 0.717) is 24.6 Å². The molecule has 2 heterocycles. The van der Waals surface area contributed by atoms with Gasteiger partial charge in [0.25, 0.3) is 5.91 Å². The Hall–Kier alpha value is -2.40. The quantitative estimate of drug-likeness (QED) is 0.567. The number of fused-ring (bicyclic) bond motifs is 1. The van der Waals surface area contributed by atoms with Gasteiger partial charge in [-0.1, -0.05) is 49.8 Å². The summed E-state index contributed by atoms with van der Waals surface area (Å²) in [6, 6.07) is 11.4. The summed E-state index contributed by atoms with van der Waals surface area (Å²) in [4.78, 5) is 30.0. The fraction of sp³-hybridized carbons (Fsp3) is 0.462. The Morgan fingerprint density at radius 1 is 1.19 bits per heavy atom. The van der Waals surface area contributed by atoms with Gasteiger partial charge in [-0.05, 0) is 61.1 Å². The van der Waals surface area contributed by atoms with Crippen LogP contribution < -0.4 is 5.32 Å². The number of nitrogens with zero attached hydrogens (tertiary/aromatic N) is 1. The molecule has 0 radical (unpaired) electrons. The van der Waals surface area contributed by atoms with Crippen LogP contribution in [0.15, 0.2) is 53.4 Å². The Kier molecular flexibility index (Phi) is 6.91. The number of carbonyl (C=O) groups excluding carboxylic acids is 2. The number of hydrogen-bond acceptors (Lipinski definition) is 3. The molecule has 2 amide bonds. The lowest BCUT2D eigenvalue weighted by molar-refractivity contribution is -0.124. The number of thiophene rings is 1. The summed E-state index contributed by atoms with van der Waals surface area (Å²) in [6.45, 7) is 5.52. The standard InChI is InChI=1S/C26H32N2O2S/c1-18(2)17-28-24(22-13-8-16-31-22)23(20-11-6-7-12-21(20)26(28)30)25(29)27-15-14-19-9-4-3-5-10-19/h6-9,11-13,16,18,23-24H,3-5,10,14-15,17H2,1-2H3,(H,27,29)/t23-,24-/m0/s1. The van der Waals surface area contributed by atoms with Crippen LogP contribution in [-0.4, -0.2) is 29.8 Å². The van der Waals surface area contributed by atoms with Gasteiger partial charge >= 0.3 is 0 Å². The molecule has 0 spiro atoms. The number of amides is 2. The number of hydrogen-bond donors (Lipinski definition) is 1. The Morgan fingerprint density at radius 2 is 2.03 bits per heavy atom. The maximum Gasteiger partial charge on any atom is 0.254 e. The van der Waals surface area contributed by atoms with Crippen molar-refractivity contribution >= 4 is 23.2 Å². The summed E-state index contributed by atoms with van der Waals surface area (Å²) in [6.07, 6.45) is 8.09. The summed E-state index contributed by atoms with van der Waals surface area (Å²) in [5.41, 5.74) is 2.97. The number of carbonyl (C=O) groups is 2. The zero-order valence-corrected chi connectivity index (χ0v) is 19.3. The largest absolute Gasteiger partial charge is 0.355 e. The van der Waals surface area contributed by atoms with E-state index in [2.05, 4.69) is 31.3 Å². The molecule has 1 aromatic heterocycles. The molecule has 5 heteroatoms. The highest BCUT2D eigenvalue weighted by molar-refractivity contribution is 7.10. The van der Waals surface area contributed by atoms with E-state index in [4.69, 9.17) is 0 Å². The predicted molar refractivity (Wildman–Crippen MR) is 126 cm³/mol. The first-order valence-corrected chi connectivity index (χ1v) is 12.3. The van der Waals surface area contributed by atoms with Gasteiger partial charge in [0.15, 0.2) is 0 Å². The van der Waals surface area contributed by atoms with Crippen LogP contribution >= 0.6 is 11.3 Å². The minimum absolute atomic E-state index is 0.0171. The fourth-order valence-electron chi connectivity index (χ4n) is 4.83. The van der Waals surface area contributed by atoms with Crippen molar-refractivity contribution in [2.45, 2.75) is 57.9 Å². The Labute approximate surface area is 189 Å². The van der Waals surface area contributed by atoms with E-state index in [1.807, 2.05) is 40.6 Å². The SMILES string of the molecule is CC(C)CN1C(=O)c2ccccc2[C@H](C(=O)NCCC2=CCCCC2)[C@@H]1c1cccs1. The molecule has 4 nitrogen and oxygen atoms in total. The minimum atomic E-state index is -0.397. The molecule has 2 atom stereocenters. The fourth-order valence-corrected chi connectivity index (χ4v) is 5.71. The maximum atomic E-state index is 13.6. The zero-order valence-electron chi connectivity index (χ0n) is 18.5. The van der Waals surface area contributed by atoms with Gasteiger partial charge in [-0.15, -0.1) is 11.3 Å². The van der Waals surface area contributed by atoms with Gasteiger partial charge < -0.3 is 10.2 Å². The van der Waals surface area contributed by atoms with Crippen molar-refractivity contribution in [2.75, 3.05) is 13.1 Å². The summed E-state index contributed by atoms with van der Waals surface area (Å²) < 4.78 is 0. The van der Waals surface area contributed by atoms with E-state index in [-0.39, 0.29) is 17.9 Å². The molecule has 1 aliphatic heterocycles.